The van der Waals surface area contributed by atoms with Crippen molar-refractivity contribution in [2.24, 2.45) is 0 Å². The number of hydrogen-bond acceptors (Lipinski definition) is 3. The molecule has 0 radical (unpaired) electrons. The summed E-state index contributed by atoms with van der Waals surface area (Å²) in [6.07, 6.45) is -2.04. The molecule has 0 spiro atoms. The van der Waals surface area contributed by atoms with E-state index in [4.69, 9.17) is 0 Å². The minimum Gasteiger partial charge on any atom is -0.268 e. The summed E-state index contributed by atoms with van der Waals surface area (Å²) in [5, 5.41) is 9.62. The maximum Gasteiger partial charge on any atom is 0.435 e. The van der Waals surface area contributed by atoms with Crippen LogP contribution in [0, 0.1) is 0 Å². The molecule has 20 heavy (non-hydrogen) atoms. The zero-order valence-corrected chi connectivity index (χ0v) is 10.4. The number of alkyl halides is 3. The van der Waals surface area contributed by atoms with E-state index in [9.17, 15) is 18.0 Å². The third-order valence-electron chi connectivity index (χ3n) is 3.33. The maximum atomic E-state index is 13.0. The first-order valence-corrected chi connectivity index (χ1v) is 6.21. The van der Waals surface area contributed by atoms with Crippen molar-refractivity contribution >= 4 is 0 Å². The summed E-state index contributed by atoms with van der Waals surface area (Å²) in [5.74, 6) is 0.193. The monoisotopic (exact) mass is 284 g/mol. The van der Waals surface area contributed by atoms with Crippen LogP contribution >= 0.6 is 0 Å². The smallest absolute Gasteiger partial charge is 0.268 e. The fraction of sp³-hybridized carbons (Fsp3) is 0.417. The van der Waals surface area contributed by atoms with Crippen molar-refractivity contribution in [2.75, 3.05) is 0 Å². The van der Waals surface area contributed by atoms with E-state index in [1.807, 2.05) is 0 Å². The Labute approximate surface area is 111 Å². The summed E-state index contributed by atoms with van der Waals surface area (Å²) in [4.78, 5) is 11.0. The molecule has 2 heterocycles. The maximum absolute atomic E-state index is 13.0. The van der Waals surface area contributed by atoms with Crippen molar-refractivity contribution in [1.29, 1.82) is 0 Å². The van der Waals surface area contributed by atoms with Gasteiger partial charge in [0.25, 0.3) is 5.56 Å². The van der Waals surface area contributed by atoms with Crippen molar-refractivity contribution in [2.45, 2.75) is 31.9 Å². The Morgan fingerprint density at radius 1 is 1.20 bits per heavy atom. The first kappa shape index (κ1) is 12.9. The Kier molecular flexibility index (Phi) is 2.88. The van der Waals surface area contributed by atoms with E-state index in [-0.39, 0.29) is 11.4 Å². The zero-order chi connectivity index (χ0) is 14.3. The molecule has 3 rings (SSSR count). The Hall–Kier alpha value is -2.12. The second kappa shape index (κ2) is 4.46. The Bertz CT molecular complexity index is 681. The largest absolute Gasteiger partial charge is 0.435 e. The van der Waals surface area contributed by atoms with Crippen molar-refractivity contribution in [3.05, 3.63) is 39.4 Å². The Balaban J connectivity index is 2.18. The standard InChI is InChI=1S/C12H11F3N4O/c13-12(14,15)11-7-3-1-2-4-8(7)19(18-11)9-5-6-10(20)17-16-9/h5-6H,1-4H2,(H,17,20). The number of H-pyrrole nitrogens is 1. The van der Waals surface area contributed by atoms with E-state index >= 15 is 0 Å². The molecule has 0 bridgehead atoms. The summed E-state index contributed by atoms with van der Waals surface area (Å²) in [6, 6.07) is 2.58. The minimum absolute atomic E-state index is 0.193. The molecule has 1 N–H and O–H groups in total. The van der Waals surface area contributed by atoms with Crippen LogP contribution in [0.2, 0.25) is 0 Å². The van der Waals surface area contributed by atoms with Crippen molar-refractivity contribution in [1.82, 2.24) is 20.0 Å². The number of hydrogen-bond donors (Lipinski definition) is 1. The molecule has 2 aromatic rings. The van der Waals surface area contributed by atoms with Crippen molar-refractivity contribution in [3.8, 4) is 5.82 Å². The third-order valence-corrected chi connectivity index (χ3v) is 3.33. The van der Waals surface area contributed by atoms with Crippen molar-refractivity contribution < 1.29 is 13.2 Å². The predicted molar refractivity (Wildman–Crippen MR) is 63.6 cm³/mol. The van der Waals surface area contributed by atoms with Crippen LogP contribution in [0.25, 0.3) is 5.82 Å². The van der Waals surface area contributed by atoms with Gasteiger partial charge in [0.05, 0.1) is 0 Å². The molecule has 0 aliphatic heterocycles. The van der Waals surface area contributed by atoms with Crippen LogP contribution in [-0.2, 0) is 19.0 Å². The number of aromatic amines is 1. The second-order valence-corrected chi connectivity index (χ2v) is 4.67. The summed E-state index contributed by atoms with van der Waals surface area (Å²) in [6.45, 7) is 0. The highest BCUT2D eigenvalue weighted by atomic mass is 19.4. The Morgan fingerprint density at radius 3 is 2.60 bits per heavy atom. The van der Waals surface area contributed by atoms with Gasteiger partial charge >= 0.3 is 6.18 Å². The van der Waals surface area contributed by atoms with Gasteiger partial charge in [-0.15, -0.1) is 0 Å². The number of aromatic nitrogens is 4. The van der Waals surface area contributed by atoms with Gasteiger partial charge in [0, 0.05) is 17.3 Å². The molecule has 0 aromatic carbocycles. The molecule has 0 amide bonds. The van der Waals surface area contributed by atoms with Gasteiger partial charge in [-0.2, -0.15) is 23.4 Å². The molecule has 1 aliphatic carbocycles. The van der Waals surface area contributed by atoms with Gasteiger partial charge in [0.2, 0.25) is 0 Å². The van der Waals surface area contributed by atoms with Crippen LogP contribution in [0.1, 0.15) is 29.8 Å². The molecule has 8 heteroatoms. The summed E-state index contributed by atoms with van der Waals surface area (Å²) < 4.78 is 40.2. The normalized spacial score (nSPS) is 15.2. The second-order valence-electron chi connectivity index (χ2n) is 4.67. The van der Waals surface area contributed by atoms with E-state index in [1.54, 1.807) is 0 Å². The highest BCUT2D eigenvalue weighted by Crippen LogP contribution is 2.36. The lowest BCUT2D eigenvalue weighted by molar-refractivity contribution is -0.142. The van der Waals surface area contributed by atoms with Crippen LogP contribution in [0.15, 0.2) is 16.9 Å². The molecule has 5 nitrogen and oxygen atoms in total. The highest BCUT2D eigenvalue weighted by molar-refractivity contribution is 5.36. The van der Waals surface area contributed by atoms with Crippen LogP contribution in [0.5, 0.6) is 0 Å². The molecule has 1 aliphatic rings. The number of halogens is 3. The molecule has 2 aromatic heterocycles. The van der Waals surface area contributed by atoms with E-state index in [2.05, 4.69) is 15.3 Å². The first-order chi connectivity index (χ1) is 9.47. The van der Waals surface area contributed by atoms with Gasteiger partial charge in [-0.3, -0.25) is 4.79 Å². The van der Waals surface area contributed by atoms with E-state index in [1.165, 1.54) is 16.8 Å². The topological polar surface area (TPSA) is 63.6 Å². The molecular formula is C12H11F3N4O. The summed E-state index contributed by atoms with van der Waals surface area (Å²) in [7, 11) is 0. The van der Waals surface area contributed by atoms with Gasteiger partial charge in [-0.1, -0.05) is 0 Å². The minimum atomic E-state index is -4.48. The highest BCUT2D eigenvalue weighted by Gasteiger charge is 2.39. The van der Waals surface area contributed by atoms with Gasteiger partial charge in [-0.25, -0.2) is 9.78 Å². The van der Waals surface area contributed by atoms with Gasteiger partial charge < -0.3 is 0 Å². The van der Waals surface area contributed by atoms with Crippen LogP contribution in [-0.4, -0.2) is 20.0 Å². The SMILES string of the molecule is O=c1ccc(-n2nc(C(F)(F)F)c3c2CCCC3)n[nH]1. The molecule has 0 unspecified atom stereocenters. The predicted octanol–water partition coefficient (Wildman–Crippen LogP) is 1.85. The average Bonchev–Trinajstić information content (AvgIpc) is 2.79. The zero-order valence-electron chi connectivity index (χ0n) is 10.4. The van der Waals surface area contributed by atoms with Gasteiger partial charge in [0.1, 0.15) is 0 Å². The average molecular weight is 284 g/mol. The number of nitrogens with zero attached hydrogens (tertiary/aromatic N) is 3. The first-order valence-electron chi connectivity index (χ1n) is 6.21. The van der Waals surface area contributed by atoms with Gasteiger partial charge in [0.15, 0.2) is 11.5 Å². The summed E-state index contributed by atoms with van der Waals surface area (Å²) in [5.41, 5.74) is -0.481. The number of fused-ring (bicyclic) bond motifs is 1. The van der Waals surface area contributed by atoms with Crippen LogP contribution < -0.4 is 5.56 Å². The third kappa shape index (κ3) is 2.10. The lowest BCUT2D eigenvalue weighted by atomic mass is 9.95. The lowest BCUT2D eigenvalue weighted by Gasteiger charge is -2.14. The van der Waals surface area contributed by atoms with E-state index in [0.717, 1.165) is 12.8 Å². The van der Waals surface area contributed by atoms with Gasteiger partial charge in [-0.05, 0) is 31.7 Å². The molecule has 0 fully saturated rings. The molecule has 0 saturated carbocycles. The number of nitrogens with one attached hydrogen (secondary N) is 1. The quantitative estimate of drug-likeness (QED) is 0.869. The molecule has 0 atom stereocenters. The van der Waals surface area contributed by atoms with Crippen LogP contribution in [0.3, 0.4) is 0 Å². The van der Waals surface area contributed by atoms with Crippen molar-refractivity contribution in [3.63, 3.8) is 0 Å². The molecule has 0 saturated heterocycles. The number of rotatable bonds is 1. The fourth-order valence-electron chi connectivity index (χ4n) is 2.47. The van der Waals surface area contributed by atoms with Crippen LogP contribution in [0.4, 0.5) is 13.2 Å². The van der Waals surface area contributed by atoms with E-state index < -0.39 is 17.4 Å². The fourth-order valence-corrected chi connectivity index (χ4v) is 2.47. The molecule has 106 valence electrons. The van der Waals surface area contributed by atoms with E-state index in [0.29, 0.717) is 18.5 Å². The molecular weight excluding hydrogens is 273 g/mol. The summed E-state index contributed by atoms with van der Waals surface area (Å²) >= 11 is 0. The Morgan fingerprint density at radius 2 is 1.95 bits per heavy atom. The lowest BCUT2D eigenvalue weighted by Crippen LogP contribution is -2.13.